The molecule has 0 aliphatic carbocycles. The van der Waals surface area contributed by atoms with Crippen LogP contribution in [0.4, 0.5) is 4.79 Å². The lowest BCUT2D eigenvalue weighted by Crippen LogP contribution is -2.47. The number of carbonyl (C=O) groups excluding carboxylic acids is 1. The van der Waals surface area contributed by atoms with E-state index in [1.807, 2.05) is 0 Å². The van der Waals surface area contributed by atoms with Crippen molar-refractivity contribution in [1.29, 1.82) is 0 Å². The molecule has 0 aromatic rings. The molecule has 4 N–H and O–H groups in total. The molecule has 1 rings (SSSR count). The van der Waals surface area contributed by atoms with Crippen LogP contribution in [0.25, 0.3) is 0 Å². The number of urea groups is 1. The second-order valence-corrected chi connectivity index (χ2v) is 4.76. The van der Waals surface area contributed by atoms with Crippen molar-refractivity contribution < 1.29 is 14.7 Å². The Morgan fingerprint density at radius 2 is 1.89 bits per heavy atom. The van der Waals surface area contributed by atoms with Gasteiger partial charge in [-0.1, -0.05) is 6.42 Å². The zero-order valence-electron chi connectivity index (χ0n) is 10.7. The Morgan fingerprint density at radius 3 is 2.50 bits per heavy atom. The molecule has 0 aromatic carbocycles. The van der Waals surface area contributed by atoms with Gasteiger partial charge in [0.25, 0.3) is 0 Å². The quantitative estimate of drug-likeness (QED) is 0.612. The standard InChI is InChI=1S/C12H23N3O3/c13-10-5-8-15(9-6-10)12(18)14-7-3-1-2-4-11(16)17/h10H,1-9,13H2,(H,14,18)(H,16,17). The van der Waals surface area contributed by atoms with Gasteiger partial charge in [0.2, 0.25) is 0 Å². The van der Waals surface area contributed by atoms with Gasteiger partial charge in [0.1, 0.15) is 0 Å². The predicted octanol–water partition coefficient (Wildman–Crippen LogP) is 0.764. The highest BCUT2D eigenvalue weighted by atomic mass is 16.4. The van der Waals surface area contributed by atoms with Crippen molar-refractivity contribution >= 4 is 12.0 Å². The smallest absolute Gasteiger partial charge is 0.317 e. The number of unbranched alkanes of at least 4 members (excludes halogenated alkanes) is 2. The number of nitrogens with zero attached hydrogens (tertiary/aromatic N) is 1. The van der Waals surface area contributed by atoms with Crippen LogP contribution in [0.15, 0.2) is 0 Å². The third-order valence-electron chi connectivity index (χ3n) is 3.17. The van der Waals surface area contributed by atoms with Crippen molar-refractivity contribution in [2.75, 3.05) is 19.6 Å². The fourth-order valence-corrected chi connectivity index (χ4v) is 1.99. The minimum Gasteiger partial charge on any atom is -0.481 e. The van der Waals surface area contributed by atoms with E-state index in [2.05, 4.69) is 5.32 Å². The van der Waals surface area contributed by atoms with Crippen LogP contribution in [0.5, 0.6) is 0 Å². The first-order chi connectivity index (χ1) is 8.59. The molecule has 0 saturated carbocycles. The van der Waals surface area contributed by atoms with Crippen LogP contribution in [-0.2, 0) is 4.79 Å². The van der Waals surface area contributed by atoms with E-state index in [1.165, 1.54) is 0 Å². The second-order valence-electron chi connectivity index (χ2n) is 4.76. The summed E-state index contributed by atoms with van der Waals surface area (Å²) in [7, 11) is 0. The summed E-state index contributed by atoms with van der Waals surface area (Å²) in [5.74, 6) is -0.760. The third-order valence-corrected chi connectivity index (χ3v) is 3.17. The average Bonchev–Trinajstić information content (AvgIpc) is 2.34. The predicted molar refractivity (Wildman–Crippen MR) is 68.3 cm³/mol. The van der Waals surface area contributed by atoms with Crippen molar-refractivity contribution in [1.82, 2.24) is 10.2 Å². The van der Waals surface area contributed by atoms with Crippen LogP contribution in [0.1, 0.15) is 38.5 Å². The van der Waals surface area contributed by atoms with Crippen LogP contribution in [0.2, 0.25) is 0 Å². The Balaban J connectivity index is 2.01. The molecule has 0 atom stereocenters. The van der Waals surface area contributed by atoms with Crippen molar-refractivity contribution in [3.8, 4) is 0 Å². The molecule has 1 heterocycles. The fraction of sp³-hybridized carbons (Fsp3) is 0.833. The molecule has 0 unspecified atom stereocenters. The number of hydrogen-bond donors (Lipinski definition) is 3. The van der Waals surface area contributed by atoms with Crippen LogP contribution < -0.4 is 11.1 Å². The van der Waals surface area contributed by atoms with Gasteiger partial charge in [-0.2, -0.15) is 0 Å². The van der Waals surface area contributed by atoms with E-state index < -0.39 is 5.97 Å². The zero-order chi connectivity index (χ0) is 13.4. The number of carbonyl (C=O) groups is 2. The van der Waals surface area contributed by atoms with Crippen molar-refractivity contribution in [3.63, 3.8) is 0 Å². The largest absolute Gasteiger partial charge is 0.481 e. The maximum absolute atomic E-state index is 11.7. The first kappa shape index (κ1) is 14.8. The number of rotatable bonds is 6. The molecule has 2 amide bonds. The Kier molecular flexibility index (Phi) is 6.49. The molecule has 1 saturated heterocycles. The van der Waals surface area contributed by atoms with E-state index in [4.69, 9.17) is 10.8 Å². The van der Waals surface area contributed by atoms with Gasteiger partial charge in [-0.3, -0.25) is 4.79 Å². The summed E-state index contributed by atoms with van der Waals surface area (Å²) in [5, 5.41) is 11.3. The number of likely N-dealkylation sites (tertiary alicyclic amines) is 1. The molecule has 1 fully saturated rings. The van der Waals surface area contributed by atoms with E-state index in [1.54, 1.807) is 4.90 Å². The van der Waals surface area contributed by atoms with E-state index in [0.717, 1.165) is 38.8 Å². The molecule has 0 aromatic heterocycles. The molecular formula is C12H23N3O3. The summed E-state index contributed by atoms with van der Waals surface area (Å²) in [4.78, 5) is 23.8. The van der Waals surface area contributed by atoms with Gasteiger partial charge >= 0.3 is 12.0 Å². The molecule has 0 spiro atoms. The van der Waals surface area contributed by atoms with Crippen molar-refractivity contribution in [3.05, 3.63) is 0 Å². The number of carboxylic acids is 1. The molecule has 6 nitrogen and oxygen atoms in total. The molecule has 1 aliphatic rings. The second kappa shape index (κ2) is 7.92. The minimum absolute atomic E-state index is 0.0277. The highest BCUT2D eigenvalue weighted by Gasteiger charge is 2.19. The first-order valence-corrected chi connectivity index (χ1v) is 6.59. The van der Waals surface area contributed by atoms with Crippen LogP contribution >= 0.6 is 0 Å². The summed E-state index contributed by atoms with van der Waals surface area (Å²) in [6.45, 7) is 2.07. The van der Waals surface area contributed by atoms with Crippen molar-refractivity contribution in [2.24, 2.45) is 5.73 Å². The molecule has 1 aliphatic heterocycles. The molecule has 18 heavy (non-hydrogen) atoms. The van der Waals surface area contributed by atoms with Gasteiger partial charge in [-0.25, -0.2) is 4.79 Å². The first-order valence-electron chi connectivity index (χ1n) is 6.59. The number of hydrogen-bond acceptors (Lipinski definition) is 3. The number of nitrogens with one attached hydrogen (secondary N) is 1. The van der Waals surface area contributed by atoms with Gasteiger partial charge in [-0.15, -0.1) is 0 Å². The van der Waals surface area contributed by atoms with Crippen LogP contribution in [0, 0.1) is 0 Å². The number of carboxylic acid groups (broad SMARTS) is 1. The van der Waals surface area contributed by atoms with Crippen LogP contribution in [0.3, 0.4) is 0 Å². The number of aliphatic carboxylic acids is 1. The molecule has 104 valence electrons. The SMILES string of the molecule is NC1CCN(C(=O)NCCCCCC(=O)O)CC1. The Labute approximate surface area is 108 Å². The van der Waals surface area contributed by atoms with E-state index in [0.29, 0.717) is 13.0 Å². The van der Waals surface area contributed by atoms with Gasteiger partial charge in [0.05, 0.1) is 0 Å². The maximum atomic E-state index is 11.7. The van der Waals surface area contributed by atoms with Gasteiger partial charge < -0.3 is 21.1 Å². The topological polar surface area (TPSA) is 95.7 Å². The lowest BCUT2D eigenvalue weighted by atomic mass is 10.1. The number of piperidine rings is 1. The molecule has 6 heteroatoms. The van der Waals surface area contributed by atoms with Gasteiger partial charge in [-0.05, 0) is 25.7 Å². The Morgan fingerprint density at radius 1 is 1.22 bits per heavy atom. The zero-order valence-corrected chi connectivity index (χ0v) is 10.7. The lowest BCUT2D eigenvalue weighted by molar-refractivity contribution is -0.137. The van der Waals surface area contributed by atoms with Crippen molar-refractivity contribution in [2.45, 2.75) is 44.6 Å². The normalized spacial score (nSPS) is 16.6. The number of nitrogens with two attached hydrogens (primary N) is 1. The Bertz CT molecular complexity index is 276. The van der Waals surface area contributed by atoms with Crippen LogP contribution in [-0.4, -0.2) is 47.7 Å². The molecule has 0 bridgehead atoms. The summed E-state index contributed by atoms with van der Waals surface area (Å²) in [6.07, 6.45) is 4.27. The summed E-state index contributed by atoms with van der Waals surface area (Å²) >= 11 is 0. The fourth-order valence-electron chi connectivity index (χ4n) is 1.99. The highest BCUT2D eigenvalue weighted by molar-refractivity contribution is 5.74. The molecule has 0 radical (unpaired) electrons. The lowest BCUT2D eigenvalue weighted by Gasteiger charge is -2.30. The summed E-state index contributed by atoms with van der Waals surface area (Å²) in [5.41, 5.74) is 5.77. The van der Waals surface area contributed by atoms with Gasteiger partial charge in [0.15, 0.2) is 0 Å². The van der Waals surface area contributed by atoms with E-state index in [-0.39, 0.29) is 18.5 Å². The van der Waals surface area contributed by atoms with E-state index >= 15 is 0 Å². The summed E-state index contributed by atoms with van der Waals surface area (Å²) < 4.78 is 0. The van der Waals surface area contributed by atoms with Gasteiger partial charge in [0, 0.05) is 32.1 Å². The molecular weight excluding hydrogens is 234 g/mol. The monoisotopic (exact) mass is 257 g/mol. The highest BCUT2D eigenvalue weighted by Crippen LogP contribution is 2.08. The minimum atomic E-state index is -0.760. The maximum Gasteiger partial charge on any atom is 0.317 e. The third kappa shape index (κ3) is 5.86. The number of amides is 2. The Hall–Kier alpha value is -1.30. The average molecular weight is 257 g/mol. The van der Waals surface area contributed by atoms with E-state index in [9.17, 15) is 9.59 Å². The summed E-state index contributed by atoms with van der Waals surface area (Å²) in [6, 6.07) is 0.199.